The van der Waals surface area contributed by atoms with Crippen LogP contribution in [0.2, 0.25) is 0 Å². The van der Waals surface area contributed by atoms with Gasteiger partial charge < -0.3 is 10.2 Å². The lowest BCUT2D eigenvalue weighted by molar-refractivity contribution is -0.120. The smallest absolute Gasteiger partial charge is 0.226 e. The number of piperidine rings is 2. The molecule has 3 heterocycles. The van der Waals surface area contributed by atoms with Gasteiger partial charge in [0.05, 0.1) is 12.1 Å². The molecular formula is C21H27N3OS. The van der Waals surface area contributed by atoms with Crippen LogP contribution in [0.4, 0.5) is 0 Å². The molecule has 4 rings (SSSR count). The van der Waals surface area contributed by atoms with Gasteiger partial charge in [-0.15, -0.1) is 11.3 Å². The van der Waals surface area contributed by atoms with Crippen molar-refractivity contribution in [2.45, 2.75) is 44.6 Å². The molecule has 1 aromatic heterocycles. The molecule has 0 spiro atoms. The van der Waals surface area contributed by atoms with Gasteiger partial charge in [0.1, 0.15) is 5.01 Å². The van der Waals surface area contributed by atoms with Crippen LogP contribution in [-0.2, 0) is 11.2 Å². The SMILES string of the molecule is O=C(Cc1csc(-c2ccccc2)n1)NC[C@H]1CCCN2CCCC[C@H]12. The third kappa shape index (κ3) is 4.15. The normalized spacial score (nSPS) is 23.4. The van der Waals surface area contributed by atoms with Crippen molar-refractivity contribution in [1.82, 2.24) is 15.2 Å². The number of amides is 1. The topological polar surface area (TPSA) is 45.2 Å². The number of fused-ring (bicyclic) bond motifs is 1. The van der Waals surface area contributed by atoms with Crippen molar-refractivity contribution in [3.8, 4) is 10.6 Å². The average Bonchev–Trinajstić information content (AvgIpc) is 3.15. The predicted molar refractivity (Wildman–Crippen MR) is 106 cm³/mol. The Bertz CT molecular complexity index is 728. The van der Waals surface area contributed by atoms with Gasteiger partial charge in [-0.2, -0.15) is 0 Å². The minimum absolute atomic E-state index is 0.0999. The summed E-state index contributed by atoms with van der Waals surface area (Å²) in [6.45, 7) is 3.31. The predicted octanol–water partition coefficient (Wildman–Crippen LogP) is 3.73. The summed E-state index contributed by atoms with van der Waals surface area (Å²) in [5.41, 5.74) is 1.98. The molecule has 5 heteroatoms. The van der Waals surface area contributed by atoms with E-state index in [1.54, 1.807) is 11.3 Å². The molecule has 0 bridgehead atoms. The number of aromatic nitrogens is 1. The Morgan fingerprint density at radius 1 is 1.15 bits per heavy atom. The van der Waals surface area contributed by atoms with Crippen LogP contribution < -0.4 is 5.32 Å². The second-order valence-corrected chi connectivity index (χ2v) is 8.35. The number of nitrogens with one attached hydrogen (secondary N) is 1. The van der Waals surface area contributed by atoms with Crippen LogP contribution in [-0.4, -0.2) is 41.5 Å². The first-order chi connectivity index (χ1) is 12.8. The Hall–Kier alpha value is -1.72. The van der Waals surface area contributed by atoms with Crippen molar-refractivity contribution < 1.29 is 4.79 Å². The first kappa shape index (κ1) is 17.7. The molecule has 2 fully saturated rings. The second kappa shape index (κ2) is 8.31. The van der Waals surface area contributed by atoms with Gasteiger partial charge in [0, 0.05) is 23.5 Å². The summed E-state index contributed by atoms with van der Waals surface area (Å²) in [5, 5.41) is 6.17. The molecule has 2 aliphatic rings. The number of hydrogen-bond donors (Lipinski definition) is 1. The van der Waals surface area contributed by atoms with Crippen molar-refractivity contribution in [2.75, 3.05) is 19.6 Å². The third-order valence-corrected chi connectivity index (χ3v) is 6.64. The van der Waals surface area contributed by atoms with Crippen LogP contribution in [0.25, 0.3) is 10.6 Å². The largest absolute Gasteiger partial charge is 0.355 e. The van der Waals surface area contributed by atoms with Crippen LogP contribution in [0.3, 0.4) is 0 Å². The molecule has 26 heavy (non-hydrogen) atoms. The van der Waals surface area contributed by atoms with Crippen molar-refractivity contribution >= 4 is 17.2 Å². The van der Waals surface area contributed by atoms with E-state index >= 15 is 0 Å². The molecule has 0 saturated carbocycles. The van der Waals surface area contributed by atoms with E-state index in [0.29, 0.717) is 18.4 Å². The Morgan fingerprint density at radius 3 is 2.88 bits per heavy atom. The van der Waals surface area contributed by atoms with E-state index in [-0.39, 0.29) is 5.91 Å². The Morgan fingerprint density at radius 2 is 2.00 bits per heavy atom. The lowest BCUT2D eigenvalue weighted by Crippen LogP contribution is -2.51. The molecule has 0 radical (unpaired) electrons. The van der Waals surface area contributed by atoms with Gasteiger partial charge >= 0.3 is 0 Å². The maximum atomic E-state index is 12.4. The van der Waals surface area contributed by atoms with Gasteiger partial charge in [0.2, 0.25) is 5.91 Å². The zero-order valence-corrected chi connectivity index (χ0v) is 16.0. The van der Waals surface area contributed by atoms with E-state index in [1.807, 2.05) is 23.6 Å². The van der Waals surface area contributed by atoms with E-state index in [1.165, 1.54) is 45.2 Å². The highest BCUT2D eigenvalue weighted by Gasteiger charge is 2.32. The zero-order valence-electron chi connectivity index (χ0n) is 15.2. The highest BCUT2D eigenvalue weighted by molar-refractivity contribution is 7.13. The standard InChI is InChI=1S/C21H27N3OS/c25-20(13-18-15-26-21(23-18)16-7-2-1-3-8-16)22-14-17-9-6-12-24-11-5-4-10-19(17)24/h1-3,7-8,15,17,19H,4-6,9-14H2,(H,22,25)/t17-,19-/m1/s1. The number of rotatable bonds is 5. The molecule has 1 N–H and O–H groups in total. The van der Waals surface area contributed by atoms with Gasteiger partial charge in [-0.05, 0) is 44.7 Å². The molecular weight excluding hydrogens is 342 g/mol. The lowest BCUT2D eigenvalue weighted by atomic mass is 9.83. The fraction of sp³-hybridized carbons (Fsp3) is 0.524. The molecule has 138 valence electrons. The van der Waals surface area contributed by atoms with Gasteiger partial charge in [-0.25, -0.2) is 4.98 Å². The van der Waals surface area contributed by atoms with Crippen LogP contribution in [0.15, 0.2) is 35.7 Å². The Kier molecular flexibility index (Phi) is 5.65. The maximum absolute atomic E-state index is 12.4. The molecule has 2 atom stereocenters. The van der Waals surface area contributed by atoms with Gasteiger partial charge in [0.25, 0.3) is 0 Å². The summed E-state index contributed by atoms with van der Waals surface area (Å²) in [7, 11) is 0. The maximum Gasteiger partial charge on any atom is 0.226 e. The summed E-state index contributed by atoms with van der Waals surface area (Å²) in [4.78, 5) is 19.7. The van der Waals surface area contributed by atoms with E-state index in [9.17, 15) is 4.79 Å². The first-order valence-electron chi connectivity index (χ1n) is 9.80. The summed E-state index contributed by atoms with van der Waals surface area (Å²) in [5.74, 6) is 0.714. The van der Waals surface area contributed by atoms with E-state index in [4.69, 9.17) is 0 Å². The molecule has 0 unspecified atom stereocenters. The summed E-state index contributed by atoms with van der Waals surface area (Å²) in [6.07, 6.45) is 6.87. The molecule has 2 aromatic rings. The summed E-state index contributed by atoms with van der Waals surface area (Å²) >= 11 is 1.61. The number of carbonyl (C=O) groups excluding carboxylic acids is 1. The fourth-order valence-corrected chi connectivity index (χ4v) is 5.21. The molecule has 2 aliphatic heterocycles. The van der Waals surface area contributed by atoms with Crippen LogP contribution >= 0.6 is 11.3 Å². The van der Waals surface area contributed by atoms with Crippen molar-refractivity contribution in [1.29, 1.82) is 0 Å². The first-order valence-corrected chi connectivity index (χ1v) is 10.7. The molecule has 0 aliphatic carbocycles. The van der Waals surface area contributed by atoms with Gasteiger partial charge in [0.15, 0.2) is 0 Å². The zero-order chi connectivity index (χ0) is 17.8. The van der Waals surface area contributed by atoms with Crippen molar-refractivity contribution in [2.24, 2.45) is 5.92 Å². The van der Waals surface area contributed by atoms with Crippen molar-refractivity contribution in [3.63, 3.8) is 0 Å². The molecule has 1 aromatic carbocycles. The lowest BCUT2D eigenvalue weighted by Gasteiger charge is -2.44. The van der Waals surface area contributed by atoms with E-state index in [2.05, 4.69) is 27.3 Å². The van der Waals surface area contributed by atoms with Gasteiger partial charge in [-0.1, -0.05) is 36.8 Å². The Labute approximate surface area is 159 Å². The van der Waals surface area contributed by atoms with Crippen LogP contribution in [0.5, 0.6) is 0 Å². The fourth-order valence-electron chi connectivity index (χ4n) is 4.39. The quantitative estimate of drug-likeness (QED) is 0.873. The monoisotopic (exact) mass is 369 g/mol. The van der Waals surface area contributed by atoms with Crippen LogP contribution in [0, 0.1) is 5.92 Å². The minimum Gasteiger partial charge on any atom is -0.355 e. The molecule has 2 saturated heterocycles. The number of carbonyl (C=O) groups is 1. The van der Waals surface area contributed by atoms with E-state index in [0.717, 1.165) is 22.8 Å². The minimum atomic E-state index is 0.0999. The molecule has 4 nitrogen and oxygen atoms in total. The number of benzene rings is 1. The second-order valence-electron chi connectivity index (χ2n) is 7.49. The van der Waals surface area contributed by atoms with Crippen LogP contribution in [0.1, 0.15) is 37.8 Å². The average molecular weight is 370 g/mol. The number of thiazole rings is 1. The third-order valence-electron chi connectivity index (χ3n) is 5.70. The summed E-state index contributed by atoms with van der Waals surface area (Å²) < 4.78 is 0. The van der Waals surface area contributed by atoms with Gasteiger partial charge in [-0.3, -0.25) is 4.79 Å². The van der Waals surface area contributed by atoms with Crippen molar-refractivity contribution in [3.05, 3.63) is 41.4 Å². The Balaban J connectivity index is 1.30. The number of nitrogens with zero attached hydrogens (tertiary/aromatic N) is 2. The molecule has 1 amide bonds. The highest BCUT2D eigenvalue weighted by atomic mass is 32.1. The van der Waals surface area contributed by atoms with E-state index < -0.39 is 0 Å². The highest BCUT2D eigenvalue weighted by Crippen LogP contribution is 2.30. The number of hydrogen-bond acceptors (Lipinski definition) is 4. The summed E-state index contributed by atoms with van der Waals surface area (Å²) in [6, 6.07) is 10.8.